The zero-order valence-corrected chi connectivity index (χ0v) is 9.93. The smallest absolute Gasteiger partial charge is 0.412 e. The Labute approximate surface area is 97.4 Å². The molecule has 0 bridgehead atoms. The van der Waals surface area contributed by atoms with E-state index >= 15 is 0 Å². The van der Waals surface area contributed by atoms with Gasteiger partial charge < -0.3 is 4.74 Å². The zero-order valence-electron chi connectivity index (χ0n) is 9.11. The van der Waals surface area contributed by atoms with Crippen LogP contribution in [0.3, 0.4) is 0 Å². The number of hydrogen-bond acceptors (Lipinski definition) is 4. The molecule has 0 aliphatic rings. The van der Waals surface area contributed by atoms with Crippen molar-refractivity contribution < 1.29 is 9.53 Å². The highest BCUT2D eigenvalue weighted by Gasteiger charge is 2.09. The summed E-state index contributed by atoms with van der Waals surface area (Å²) in [4.78, 5) is 11.3. The first-order chi connectivity index (χ1) is 7.70. The standard InChI is InChI=1S/C11H12N2O2S/c1-3-15-11(14)12-10-8-6-7(2)4-5-9(8)16-13-10/h4-6H,3H2,1-2H3,(H,12,13,14). The molecule has 2 aromatic rings. The molecule has 1 aromatic heterocycles. The SMILES string of the molecule is CCOC(=O)Nc1nsc2ccc(C)cc12. The molecule has 0 aliphatic carbocycles. The lowest BCUT2D eigenvalue weighted by Crippen LogP contribution is -2.13. The lowest BCUT2D eigenvalue weighted by molar-refractivity contribution is 0.168. The molecule has 5 heteroatoms. The van der Waals surface area contributed by atoms with Gasteiger partial charge in [0.1, 0.15) is 0 Å². The average molecular weight is 236 g/mol. The molecular formula is C11H12N2O2S. The Morgan fingerprint density at radius 2 is 2.38 bits per heavy atom. The van der Waals surface area contributed by atoms with Gasteiger partial charge in [-0.2, -0.15) is 4.37 Å². The third-order valence-electron chi connectivity index (χ3n) is 2.12. The van der Waals surface area contributed by atoms with Crippen LogP contribution in [-0.2, 0) is 4.74 Å². The summed E-state index contributed by atoms with van der Waals surface area (Å²) in [5.74, 6) is 0.571. The summed E-state index contributed by atoms with van der Waals surface area (Å²) < 4.78 is 10.1. The summed E-state index contributed by atoms with van der Waals surface area (Å²) in [6.07, 6.45) is -0.462. The van der Waals surface area contributed by atoms with Gasteiger partial charge in [0.25, 0.3) is 0 Å². The number of fused-ring (bicyclic) bond motifs is 1. The van der Waals surface area contributed by atoms with Crippen molar-refractivity contribution in [3.8, 4) is 0 Å². The maximum Gasteiger partial charge on any atom is 0.412 e. The summed E-state index contributed by atoms with van der Waals surface area (Å²) in [5, 5.41) is 3.59. The first-order valence-corrected chi connectivity index (χ1v) is 5.78. The Hall–Kier alpha value is -1.62. The first-order valence-electron chi connectivity index (χ1n) is 5.00. The van der Waals surface area contributed by atoms with Gasteiger partial charge in [0, 0.05) is 5.39 Å². The molecule has 16 heavy (non-hydrogen) atoms. The van der Waals surface area contributed by atoms with Gasteiger partial charge in [-0.25, -0.2) is 4.79 Å². The summed E-state index contributed by atoms with van der Waals surface area (Å²) in [7, 11) is 0. The van der Waals surface area contributed by atoms with Crippen molar-refractivity contribution in [3.63, 3.8) is 0 Å². The van der Waals surface area contributed by atoms with Crippen LogP contribution < -0.4 is 5.32 Å². The van der Waals surface area contributed by atoms with Crippen LogP contribution in [0.15, 0.2) is 18.2 Å². The molecule has 0 saturated heterocycles. The molecule has 0 atom stereocenters. The third-order valence-corrected chi connectivity index (χ3v) is 2.95. The number of aromatic nitrogens is 1. The predicted octanol–water partition coefficient (Wildman–Crippen LogP) is 3.17. The van der Waals surface area contributed by atoms with Crippen LogP contribution in [-0.4, -0.2) is 17.1 Å². The highest BCUT2D eigenvalue weighted by molar-refractivity contribution is 7.13. The van der Waals surface area contributed by atoms with E-state index in [1.54, 1.807) is 6.92 Å². The van der Waals surface area contributed by atoms with Gasteiger partial charge in [-0.05, 0) is 37.5 Å². The fraction of sp³-hybridized carbons (Fsp3) is 0.273. The maximum absolute atomic E-state index is 11.3. The van der Waals surface area contributed by atoms with Gasteiger partial charge in [-0.3, -0.25) is 5.32 Å². The van der Waals surface area contributed by atoms with E-state index in [0.717, 1.165) is 15.6 Å². The maximum atomic E-state index is 11.3. The van der Waals surface area contributed by atoms with Crippen molar-refractivity contribution >= 4 is 33.5 Å². The minimum atomic E-state index is -0.462. The molecule has 0 fully saturated rings. The van der Waals surface area contributed by atoms with E-state index in [-0.39, 0.29) is 0 Å². The number of anilines is 1. The van der Waals surface area contributed by atoms with E-state index in [2.05, 4.69) is 9.69 Å². The van der Waals surface area contributed by atoms with Gasteiger partial charge in [0.15, 0.2) is 5.82 Å². The van der Waals surface area contributed by atoms with Crippen LogP contribution >= 0.6 is 11.5 Å². The fourth-order valence-corrected chi connectivity index (χ4v) is 2.12. The van der Waals surface area contributed by atoms with E-state index in [9.17, 15) is 4.79 Å². The molecule has 2 rings (SSSR count). The van der Waals surface area contributed by atoms with Crippen LogP contribution in [0.5, 0.6) is 0 Å². The normalized spacial score (nSPS) is 10.4. The predicted molar refractivity (Wildman–Crippen MR) is 65.0 cm³/mol. The van der Waals surface area contributed by atoms with Crippen LogP contribution in [0, 0.1) is 6.92 Å². The van der Waals surface area contributed by atoms with Crippen molar-refractivity contribution in [1.82, 2.24) is 4.37 Å². The average Bonchev–Trinajstić information content (AvgIpc) is 2.61. The van der Waals surface area contributed by atoms with Gasteiger partial charge in [0.05, 0.1) is 11.3 Å². The van der Waals surface area contributed by atoms with Crippen molar-refractivity contribution in [2.45, 2.75) is 13.8 Å². The summed E-state index contributed by atoms with van der Waals surface area (Å²) in [6.45, 7) is 4.13. The number of nitrogens with zero attached hydrogens (tertiary/aromatic N) is 1. The summed E-state index contributed by atoms with van der Waals surface area (Å²) in [5.41, 5.74) is 1.14. The second-order valence-corrected chi connectivity index (χ2v) is 4.18. The number of nitrogens with one attached hydrogen (secondary N) is 1. The Morgan fingerprint density at radius 3 is 3.12 bits per heavy atom. The van der Waals surface area contributed by atoms with Crippen molar-refractivity contribution in [2.75, 3.05) is 11.9 Å². The number of carbonyl (C=O) groups excluding carboxylic acids is 1. The first kappa shape index (κ1) is 10.9. The minimum absolute atomic E-state index is 0.354. The Balaban J connectivity index is 2.30. The Kier molecular flexibility index (Phi) is 3.05. The number of hydrogen-bond donors (Lipinski definition) is 1. The van der Waals surface area contributed by atoms with Gasteiger partial charge in [0.2, 0.25) is 0 Å². The van der Waals surface area contributed by atoms with Gasteiger partial charge in [-0.15, -0.1) is 0 Å². The highest BCUT2D eigenvalue weighted by Crippen LogP contribution is 2.27. The molecule has 1 amide bonds. The number of amides is 1. The molecule has 1 aromatic carbocycles. The van der Waals surface area contributed by atoms with E-state index in [1.807, 2.05) is 25.1 Å². The topological polar surface area (TPSA) is 51.2 Å². The van der Waals surface area contributed by atoms with E-state index in [1.165, 1.54) is 11.5 Å². The molecule has 0 aliphatic heterocycles. The quantitative estimate of drug-likeness (QED) is 0.871. The number of rotatable bonds is 2. The monoisotopic (exact) mass is 236 g/mol. The van der Waals surface area contributed by atoms with E-state index < -0.39 is 6.09 Å². The largest absolute Gasteiger partial charge is 0.450 e. The number of aryl methyl sites for hydroxylation is 1. The third kappa shape index (κ3) is 2.14. The summed E-state index contributed by atoms with van der Waals surface area (Å²) in [6, 6.07) is 6.02. The molecule has 0 radical (unpaired) electrons. The molecule has 1 heterocycles. The Morgan fingerprint density at radius 1 is 1.56 bits per heavy atom. The zero-order chi connectivity index (χ0) is 11.5. The second kappa shape index (κ2) is 4.49. The van der Waals surface area contributed by atoms with Gasteiger partial charge in [-0.1, -0.05) is 11.6 Å². The molecule has 0 unspecified atom stereocenters. The minimum Gasteiger partial charge on any atom is -0.450 e. The highest BCUT2D eigenvalue weighted by atomic mass is 32.1. The number of ether oxygens (including phenoxy) is 1. The second-order valence-electron chi connectivity index (χ2n) is 3.38. The van der Waals surface area contributed by atoms with Crippen LogP contribution in [0.1, 0.15) is 12.5 Å². The number of benzene rings is 1. The van der Waals surface area contributed by atoms with Gasteiger partial charge >= 0.3 is 6.09 Å². The molecule has 4 nitrogen and oxygen atoms in total. The number of carbonyl (C=O) groups is 1. The van der Waals surface area contributed by atoms with Crippen molar-refractivity contribution in [2.24, 2.45) is 0 Å². The fourth-order valence-electron chi connectivity index (χ4n) is 1.41. The van der Waals surface area contributed by atoms with Crippen LogP contribution in [0.4, 0.5) is 10.6 Å². The summed E-state index contributed by atoms with van der Waals surface area (Å²) >= 11 is 1.36. The molecular weight excluding hydrogens is 224 g/mol. The Bertz CT molecular complexity index is 522. The van der Waals surface area contributed by atoms with Crippen molar-refractivity contribution in [1.29, 1.82) is 0 Å². The molecule has 0 saturated carbocycles. The lowest BCUT2D eigenvalue weighted by Gasteiger charge is -2.02. The van der Waals surface area contributed by atoms with Crippen LogP contribution in [0.25, 0.3) is 10.1 Å². The molecule has 84 valence electrons. The van der Waals surface area contributed by atoms with Crippen LogP contribution in [0.2, 0.25) is 0 Å². The van der Waals surface area contributed by atoms with E-state index in [4.69, 9.17) is 4.74 Å². The lowest BCUT2D eigenvalue weighted by atomic mass is 10.2. The molecule has 0 spiro atoms. The van der Waals surface area contributed by atoms with Crippen molar-refractivity contribution in [3.05, 3.63) is 23.8 Å². The van der Waals surface area contributed by atoms with E-state index in [0.29, 0.717) is 12.4 Å². The molecule has 1 N–H and O–H groups in total.